The summed E-state index contributed by atoms with van der Waals surface area (Å²) in [6.45, 7) is 15.8. The molecule has 0 saturated heterocycles. The van der Waals surface area contributed by atoms with Gasteiger partial charge in [-0.2, -0.15) is 0 Å². The van der Waals surface area contributed by atoms with E-state index in [1.165, 1.54) is 35.4 Å². The number of hydrogen-bond acceptors (Lipinski definition) is 1. The van der Waals surface area contributed by atoms with E-state index in [0.29, 0.717) is 11.8 Å². The third-order valence-electron chi connectivity index (χ3n) is 5.08. The Morgan fingerprint density at radius 1 is 1.00 bits per heavy atom. The van der Waals surface area contributed by atoms with Crippen molar-refractivity contribution in [3.05, 3.63) is 41.6 Å². The third kappa shape index (κ3) is 3.26. The van der Waals surface area contributed by atoms with Crippen LogP contribution in [-0.4, -0.2) is 0 Å². The second-order valence-corrected chi connectivity index (χ2v) is 6.94. The molecule has 1 aliphatic carbocycles. The average Bonchev–Trinajstić information content (AvgIpc) is 2.33. The van der Waals surface area contributed by atoms with Gasteiger partial charge in [0.05, 0.1) is 0 Å². The summed E-state index contributed by atoms with van der Waals surface area (Å²) >= 11 is 0. The molecule has 0 aromatic heterocycles. The SMILES string of the molecule is C=C(Nc1cc(C)cc(C)c1)C1C(C)CCC(C)[C@H]1C. The van der Waals surface area contributed by atoms with Gasteiger partial charge in [-0.05, 0) is 61.3 Å². The normalized spacial score (nSPS) is 30.1. The molecule has 3 unspecified atom stereocenters. The molecule has 0 aliphatic heterocycles. The summed E-state index contributed by atoms with van der Waals surface area (Å²) in [4.78, 5) is 0. The van der Waals surface area contributed by atoms with E-state index in [-0.39, 0.29) is 0 Å². The van der Waals surface area contributed by atoms with Crippen molar-refractivity contribution in [2.75, 3.05) is 5.32 Å². The van der Waals surface area contributed by atoms with Crippen LogP contribution in [0, 0.1) is 37.5 Å². The van der Waals surface area contributed by atoms with Crippen LogP contribution in [0.2, 0.25) is 0 Å². The van der Waals surface area contributed by atoms with Gasteiger partial charge in [0.1, 0.15) is 0 Å². The second kappa shape index (κ2) is 6.03. The molecule has 1 nitrogen and oxygen atoms in total. The van der Waals surface area contributed by atoms with Gasteiger partial charge in [0.15, 0.2) is 0 Å². The van der Waals surface area contributed by atoms with Crippen LogP contribution >= 0.6 is 0 Å². The van der Waals surface area contributed by atoms with Crippen molar-refractivity contribution in [2.45, 2.75) is 47.5 Å². The Morgan fingerprint density at radius 2 is 1.55 bits per heavy atom. The van der Waals surface area contributed by atoms with Crippen LogP contribution in [0.1, 0.15) is 44.7 Å². The number of nitrogens with one attached hydrogen (secondary N) is 1. The molecule has 0 amide bonds. The molecule has 1 saturated carbocycles. The van der Waals surface area contributed by atoms with Crippen LogP contribution in [-0.2, 0) is 0 Å². The van der Waals surface area contributed by atoms with E-state index in [9.17, 15) is 0 Å². The maximum atomic E-state index is 4.36. The van der Waals surface area contributed by atoms with Gasteiger partial charge >= 0.3 is 0 Å². The van der Waals surface area contributed by atoms with Gasteiger partial charge in [-0.3, -0.25) is 0 Å². The maximum absolute atomic E-state index is 4.36. The van der Waals surface area contributed by atoms with Crippen molar-refractivity contribution in [1.29, 1.82) is 0 Å². The molecule has 1 aromatic rings. The lowest BCUT2D eigenvalue weighted by molar-refractivity contribution is 0.151. The van der Waals surface area contributed by atoms with Crippen LogP contribution in [0.5, 0.6) is 0 Å². The van der Waals surface area contributed by atoms with E-state index in [1.54, 1.807) is 0 Å². The van der Waals surface area contributed by atoms with E-state index < -0.39 is 0 Å². The summed E-state index contributed by atoms with van der Waals surface area (Å²) in [6.07, 6.45) is 2.68. The summed E-state index contributed by atoms with van der Waals surface area (Å²) in [5.74, 6) is 2.82. The van der Waals surface area contributed by atoms with Crippen LogP contribution < -0.4 is 5.32 Å². The highest BCUT2D eigenvalue weighted by Gasteiger charge is 2.34. The summed E-state index contributed by atoms with van der Waals surface area (Å²) in [5.41, 5.74) is 4.99. The minimum absolute atomic E-state index is 0.583. The molecule has 1 aliphatic rings. The molecule has 2 rings (SSSR count). The largest absolute Gasteiger partial charge is 0.359 e. The van der Waals surface area contributed by atoms with Gasteiger partial charge in [0.2, 0.25) is 0 Å². The molecule has 110 valence electrons. The molecule has 0 spiro atoms. The van der Waals surface area contributed by atoms with Gasteiger partial charge in [-0.25, -0.2) is 0 Å². The standard InChI is InChI=1S/C19H29N/c1-12-9-13(2)11-18(10-12)20-17(6)19-15(4)8-7-14(3)16(19)5/h9-11,14-16,19-20H,6-8H2,1-5H3/t14?,15?,16-,19?/m1/s1. The number of benzene rings is 1. The quantitative estimate of drug-likeness (QED) is 0.760. The molecular weight excluding hydrogens is 242 g/mol. The van der Waals surface area contributed by atoms with Crippen molar-refractivity contribution >= 4 is 5.69 Å². The van der Waals surface area contributed by atoms with Gasteiger partial charge in [0.25, 0.3) is 0 Å². The van der Waals surface area contributed by atoms with Crippen molar-refractivity contribution in [1.82, 2.24) is 0 Å². The van der Waals surface area contributed by atoms with Gasteiger partial charge in [0, 0.05) is 17.3 Å². The topological polar surface area (TPSA) is 12.0 Å². The molecular formula is C19H29N. The monoisotopic (exact) mass is 271 g/mol. The van der Waals surface area contributed by atoms with E-state index in [2.05, 4.69) is 64.7 Å². The Bertz CT molecular complexity index is 468. The third-order valence-corrected chi connectivity index (χ3v) is 5.08. The summed E-state index contributed by atoms with van der Waals surface area (Å²) in [5, 5.41) is 3.58. The lowest BCUT2D eigenvalue weighted by atomic mass is 9.67. The molecule has 1 aromatic carbocycles. The second-order valence-electron chi connectivity index (χ2n) is 6.94. The highest BCUT2D eigenvalue weighted by Crippen LogP contribution is 2.41. The van der Waals surface area contributed by atoms with Crippen LogP contribution in [0.4, 0.5) is 5.69 Å². The first kappa shape index (κ1) is 15.2. The molecule has 1 fully saturated rings. The number of allylic oxidation sites excluding steroid dienone is 1. The zero-order valence-corrected chi connectivity index (χ0v) is 13.7. The lowest BCUT2D eigenvalue weighted by Gasteiger charge is -2.40. The highest BCUT2D eigenvalue weighted by molar-refractivity contribution is 5.52. The maximum Gasteiger partial charge on any atom is 0.0387 e. The van der Waals surface area contributed by atoms with Crippen LogP contribution in [0.15, 0.2) is 30.5 Å². The first-order valence-electron chi connectivity index (χ1n) is 7.92. The molecule has 4 atom stereocenters. The van der Waals surface area contributed by atoms with Crippen molar-refractivity contribution in [3.8, 4) is 0 Å². The van der Waals surface area contributed by atoms with Crippen molar-refractivity contribution < 1.29 is 0 Å². The van der Waals surface area contributed by atoms with Gasteiger partial charge < -0.3 is 5.32 Å². The summed E-state index contributed by atoms with van der Waals surface area (Å²) in [6, 6.07) is 6.63. The summed E-state index contributed by atoms with van der Waals surface area (Å²) in [7, 11) is 0. The lowest BCUT2D eigenvalue weighted by Crippen LogP contribution is -2.33. The zero-order chi connectivity index (χ0) is 14.9. The van der Waals surface area contributed by atoms with Gasteiger partial charge in [-0.1, -0.05) is 39.8 Å². The minimum atomic E-state index is 0.583. The molecule has 0 radical (unpaired) electrons. The Kier molecular flexibility index (Phi) is 4.57. The van der Waals surface area contributed by atoms with Crippen LogP contribution in [0.3, 0.4) is 0 Å². The van der Waals surface area contributed by atoms with E-state index >= 15 is 0 Å². The first-order valence-corrected chi connectivity index (χ1v) is 7.92. The zero-order valence-electron chi connectivity index (χ0n) is 13.7. The Morgan fingerprint density at radius 3 is 2.15 bits per heavy atom. The predicted molar refractivity (Wildman–Crippen MR) is 88.9 cm³/mol. The Labute approximate surface area is 124 Å². The molecule has 20 heavy (non-hydrogen) atoms. The summed E-state index contributed by atoms with van der Waals surface area (Å²) < 4.78 is 0. The fraction of sp³-hybridized carbons (Fsp3) is 0.579. The smallest absolute Gasteiger partial charge is 0.0387 e. The average molecular weight is 271 g/mol. The number of hydrogen-bond donors (Lipinski definition) is 1. The van der Waals surface area contributed by atoms with E-state index in [0.717, 1.165) is 11.8 Å². The molecule has 0 heterocycles. The predicted octanol–water partition coefficient (Wildman–Crippen LogP) is 5.55. The highest BCUT2D eigenvalue weighted by atomic mass is 14.9. The molecule has 0 bridgehead atoms. The minimum Gasteiger partial charge on any atom is -0.359 e. The van der Waals surface area contributed by atoms with Gasteiger partial charge in [-0.15, -0.1) is 0 Å². The van der Waals surface area contributed by atoms with E-state index in [1.807, 2.05) is 0 Å². The number of aryl methyl sites for hydroxylation is 2. The van der Waals surface area contributed by atoms with Crippen molar-refractivity contribution in [3.63, 3.8) is 0 Å². The molecule has 1 N–H and O–H groups in total. The number of anilines is 1. The Balaban J connectivity index is 2.14. The number of rotatable bonds is 3. The van der Waals surface area contributed by atoms with Crippen molar-refractivity contribution in [2.24, 2.45) is 23.7 Å². The first-order chi connectivity index (χ1) is 9.38. The fourth-order valence-electron chi connectivity index (χ4n) is 3.82. The van der Waals surface area contributed by atoms with Crippen LogP contribution in [0.25, 0.3) is 0 Å². The van der Waals surface area contributed by atoms with E-state index in [4.69, 9.17) is 0 Å². The fourth-order valence-corrected chi connectivity index (χ4v) is 3.82. The molecule has 1 heteroatoms. The Hall–Kier alpha value is -1.24.